The number of nitro benzene ring substituents is 1. The molecule has 0 bridgehead atoms. The Balaban J connectivity index is 1.55. The van der Waals surface area contributed by atoms with Gasteiger partial charge < -0.3 is 10.1 Å². The van der Waals surface area contributed by atoms with E-state index in [0.717, 1.165) is 16.8 Å². The number of nitrogens with one attached hydrogen (secondary N) is 1. The number of hydrogen-bond donors (Lipinski definition) is 1. The molecule has 186 valence electrons. The molecule has 7 nitrogen and oxygen atoms in total. The summed E-state index contributed by atoms with van der Waals surface area (Å²) >= 11 is 0. The van der Waals surface area contributed by atoms with Crippen LogP contribution in [0.2, 0.25) is 0 Å². The molecule has 0 amide bonds. The zero-order valence-electron chi connectivity index (χ0n) is 20.3. The Morgan fingerprint density at radius 2 is 1.65 bits per heavy atom. The lowest BCUT2D eigenvalue weighted by Gasteiger charge is -2.36. The van der Waals surface area contributed by atoms with Crippen LogP contribution >= 0.6 is 0 Å². The normalized spacial score (nSPS) is 19.2. The first-order valence-electron chi connectivity index (χ1n) is 12.2. The number of nitro groups is 1. The zero-order chi connectivity index (χ0) is 25.9. The SMILES string of the molecule is CC1=C(C(=O)OCc2ccccc2)[C@H](c2cccc([N+](=O)[O-])c2)C2=C(C[C@H](c3ccccc3)CC2=O)N1. The van der Waals surface area contributed by atoms with E-state index in [2.05, 4.69) is 5.32 Å². The van der Waals surface area contributed by atoms with Gasteiger partial charge in [-0.15, -0.1) is 0 Å². The second-order valence-corrected chi connectivity index (χ2v) is 9.34. The third-order valence-electron chi connectivity index (χ3n) is 6.95. The number of esters is 1. The van der Waals surface area contributed by atoms with Crippen LogP contribution in [0.4, 0.5) is 5.69 Å². The number of carbonyl (C=O) groups is 2. The predicted octanol–water partition coefficient (Wildman–Crippen LogP) is 5.70. The van der Waals surface area contributed by atoms with Gasteiger partial charge in [0.15, 0.2) is 5.78 Å². The highest BCUT2D eigenvalue weighted by Gasteiger charge is 2.41. The summed E-state index contributed by atoms with van der Waals surface area (Å²) in [7, 11) is 0. The molecule has 2 aliphatic rings. The van der Waals surface area contributed by atoms with Crippen molar-refractivity contribution < 1.29 is 19.2 Å². The first-order valence-corrected chi connectivity index (χ1v) is 12.2. The average molecular weight is 495 g/mol. The van der Waals surface area contributed by atoms with Gasteiger partial charge >= 0.3 is 5.97 Å². The Bertz CT molecular complexity index is 1430. The Morgan fingerprint density at radius 3 is 2.35 bits per heavy atom. The quantitative estimate of drug-likeness (QED) is 0.268. The molecule has 0 saturated carbocycles. The summed E-state index contributed by atoms with van der Waals surface area (Å²) in [5.41, 5.74) is 4.43. The number of allylic oxidation sites excluding steroid dienone is 3. The number of nitrogens with zero attached hydrogens (tertiary/aromatic N) is 1. The molecule has 0 unspecified atom stereocenters. The minimum atomic E-state index is -0.761. The van der Waals surface area contributed by atoms with Crippen LogP contribution in [-0.2, 0) is 20.9 Å². The third kappa shape index (κ3) is 4.93. The van der Waals surface area contributed by atoms with Crippen molar-refractivity contribution in [2.75, 3.05) is 0 Å². The topological polar surface area (TPSA) is 98.5 Å². The molecule has 1 aliphatic heterocycles. The number of carbonyl (C=O) groups excluding carboxylic acids is 2. The fraction of sp³-hybridized carbons (Fsp3) is 0.200. The summed E-state index contributed by atoms with van der Waals surface area (Å²) in [6.07, 6.45) is 0.890. The maximum absolute atomic E-state index is 13.7. The molecule has 0 spiro atoms. The van der Waals surface area contributed by atoms with Gasteiger partial charge in [-0.05, 0) is 36.0 Å². The van der Waals surface area contributed by atoms with Crippen molar-refractivity contribution in [3.8, 4) is 0 Å². The molecule has 5 rings (SSSR count). The monoisotopic (exact) mass is 494 g/mol. The largest absolute Gasteiger partial charge is 0.457 e. The van der Waals surface area contributed by atoms with Crippen LogP contribution in [0.3, 0.4) is 0 Å². The molecule has 1 heterocycles. The minimum Gasteiger partial charge on any atom is -0.457 e. The van der Waals surface area contributed by atoms with Crippen LogP contribution in [0.25, 0.3) is 0 Å². The summed E-state index contributed by atoms with van der Waals surface area (Å²) in [5, 5.41) is 14.9. The fourth-order valence-corrected chi connectivity index (χ4v) is 5.22. The molecule has 1 N–H and O–H groups in total. The fourth-order valence-electron chi connectivity index (χ4n) is 5.22. The number of rotatable bonds is 6. The van der Waals surface area contributed by atoms with E-state index in [9.17, 15) is 19.7 Å². The van der Waals surface area contributed by atoms with E-state index < -0.39 is 16.8 Å². The highest BCUT2D eigenvalue weighted by atomic mass is 16.6. The van der Waals surface area contributed by atoms with Gasteiger partial charge in [0.05, 0.1) is 10.5 Å². The van der Waals surface area contributed by atoms with E-state index in [1.165, 1.54) is 12.1 Å². The highest BCUT2D eigenvalue weighted by Crippen LogP contribution is 2.46. The summed E-state index contributed by atoms with van der Waals surface area (Å²) in [6, 6.07) is 25.4. The molecular formula is C30H26N2O5. The molecular weight excluding hydrogens is 468 g/mol. The van der Waals surface area contributed by atoms with Gasteiger partial charge in [0.1, 0.15) is 6.61 Å². The Hall–Kier alpha value is -4.52. The van der Waals surface area contributed by atoms with Gasteiger partial charge in [0.25, 0.3) is 5.69 Å². The van der Waals surface area contributed by atoms with E-state index >= 15 is 0 Å². The van der Waals surface area contributed by atoms with E-state index in [0.29, 0.717) is 35.2 Å². The van der Waals surface area contributed by atoms with Crippen molar-refractivity contribution in [3.63, 3.8) is 0 Å². The summed E-state index contributed by atoms with van der Waals surface area (Å²) in [4.78, 5) is 38.2. The average Bonchev–Trinajstić information content (AvgIpc) is 2.92. The number of ketones is 1. The zero-order valence-corrected chi connectivity index (χ0v) is 20.3. The van der Waals surface area contributed by atoms with Crippen LogP contribution in [0.15, 0.2) is 107 Å². The first-order chi connectivity index (χ1) is 17.9. The van der Waals surface area contributed by atoms with Crippen molar-refractivity contribution >= 4 is 17.4 Å². The Kier molecular flexibility index (Phi) is 6.68. The van der Waals surface area contributed by atoms with E-state index in [1.54, 1.807) is 19.1 Å². The van der Waals surface area contributed by atoms with E-state index in [-0.39, 0.29) is 24.0 Å². The van der Waals surface area contributed by atoms with Crippen molar-refractivity contribution in [1.82, 2.24) is 5.32 Å². The molecule has 0 fully saturated rings. The van der Waals surface area contributed by atoms with Gasteiger partial charge in [-0.1, -0.05) is 72.8 Å². The maximum atomic E-state index is 13.7. The molecule has 3 aromatic rings. The number of Topliss-reactive ketones (excluding diaryl/α,β-unsaturated/α-hetero) is 1. The van der Waals surface area contributed by atoms with Crippen LogP contribution in [-0.4, -0.2) is 16.7 Å². The van der Waals surface area contributed by atoms with Gasteiger partial charge in [-0.2, -0.15) is 0 Å². The van der Waals surface area contributed by atoms with Gasteiger partial charge in [-0.3, -0.25) is 14.9 Å². The van der Waals surface area contributed by atoms with Gasteiger partial charge in [0, 0.05) is 41.4 Å². The molecule has 2 atom stereocenters. The number of hydrogen-bond acceptors (Lipinski definition) is 6. The molecule has 0 saturated heterocycles. The van der Waals surface area contributed by atoms with Crippen LogP contribution in [0, 0.1) is 10.1 Å². The van der Waals surface area contributed by atoms with Crippen LogP contribution in [0.5, 0.6) is 0 Å². The lowest BCUT2D eigenvalue weighted by molar-refractivity contribution is -0.384. The summed E-state index contributed by atoms with van der Waals surface area (Å²) < 4.78 is 5.67. The number of ether oxygens (including phenoxy) is 1. The maximum Gasteiger partial charge on any atom is 0.337 e. The van der Waals surface area contributed by atoms with Crippen molar-refractivity contribution in [2.24, 2.45) is 0 Å². The third-order valence-corrected chi connectivity index (χ3v) is 6.95. The molecule has 3 aromatic carbocycles. The van der Waals surface area contributed by atoms with Crippen LogP contribution in [0.1, 0.15) is 48.3 Å². The predicted molar refractivity (Wildman–Crippen MR) is 138 cm³/mol. The highest BCUT2D eigenvalue weighted by molar-refractivity contribution is 6.04. The van der Waals surface area contributed by atoms with Crippen molar-refractivity contribution in [2.45, 2.75) is 38.2 Å². The van der Waals surface area contributed by atoms with Crippen molar-refractivity contribution in [3.05, 3.63) is 134 Å². The van der Waals surface area contributed by atoms with Gasteiger partial charge in [0.2, 0.25) is 0 Å². The van der Waals surface area contributed by atoms with E-state index in [4.69, 9.17) is 4.74 Å². The minimum absolute atomic E-state index is 0.00471. The first kappa shape index (κ1) is 24.2. The molecule has 7 heteroatoms. The number of non-ortho nitro benzene ring substituents is 1. The Labute approximate surface area is 214 Å². The number of benzene rings is 3. The van der Waals surface area contributed by atoms with E-state index in [1.807, 2.05) is 60.7 Å². The summed E-state index contributed by atoms with van der Waals surface area (Å²) in [6.45, 7) is 1.86. The molecule has 0 aromatic heterocycles. The molecule has 37 heavy (non-hydrogen) atoms. The number of dihydropyridines is 1. The molecule has 1 aliphatic carbocycles. The smallest absolute Gasteiger partial charge is 0.337 e. The molecule has 0 radical (unpaired) electrons. The lowest BCUT2D eigenvalue weighted by atomic mass is 9.71. The second-order valence-electron chi connectivity index (χ2n) is 9.34. The standard InChI is InChI=1S/C30H26N2O5/c1-19-27(30(34)37-18-20-9-4-2-5-10-20)28(22-13-8-14-24(15-22)32(35)36)29-25(31-19)16-23(17-26(29)33)21-11-6-3-7-12-21/h2-15,23,28,31H,16-18H2,1H3/t23-,28-/m0/s1. The van der Waals surface area contributed by atoms with Crippen molar-refractivity contribution in [1.29, 1.82) is 0 Å². The summed E-state index contributed by atoms with van der Waals surface area (Å²) in [5.74, 6) is -1.40. The Morgan fingerprint density at radius 1 is 0.973 bits per heavy atom. The van der Waals surface area contributed by atoms with Gasteiger partial charge in [-0.25, -0.2) is 4.79 Å². The second kappa shape index (κ2) is 10.2. The van der Waals surface area contributed by atoms with Crippen LogP contribution < -0.4 is 5.32 Å². The lowest BCUT2D eigenvalue weighted by Crippen LogP contribution is -2.36.